The maximum atomic E-state index is 14.0. The molecule has 1 unspecified atom stereocenters. The number of ether oxygens (including phenoxy) is 1. The van der Waals surface area contributed by atoms with E-state index in [2.05, 4.69) is 22.5 Å². The molecule has 0 radical (unpaired) electrons. The first-order chi connectivity index (χ1) is 14.9. The summed E-state index contributed by atoms with van der Waals surface area (Å²) in [4.78, 5) is 42.7. The van der Waals surface area contributed by atoms with Crippen molar-refractivity contribution >= 4 is 33.7 Å². The molecule has 6 atom stereocenters. The molecule has 4 aliphatic rings. The zero-order valence-electron chi connectivity index (χ0n) is 17.6. The Kier molecular flexibility index (Phi) is 6.47. The molecule has 4 fully saturated rings. The zero-order valence-corrected chi connectivity index (χ0v) is 19.2. The van der Waals surface area contributed by atoms with Crippen LogP contribution in [0, 0.1) is 11.8 Å². The second-order valence-corrected chi connectivity index (χ2v) is 10.4. The molecular weight excluding hydrogens is 468 g/mol. The Morgan fingerprint density at radius 3 is 2.65 bits per heavy atom. The highest BCUT2D eigenvalue weighted by molar-refractivity contribution is 9.09. The van der Waals surface area contributed by atoms with Gasteiger partial charge in [-0.1, -0.05) is 41.3 Å². The number of aliphatic hydroxyl groups is 1. The topological polar surface area (TPSA) is 107 Å². The molecule has 3 saturated heterocycles. The summed E-state index contributed by atoms with van der Waals surface area (Å²) in [6, 6.07) is -0.800. The Morgan fingerprint density at radius 2 is 2.03 bits per heavy atom. The third-order valence-corrected chi connectivity index (χ3v) is 8.33. The number of carboxylic acids is 1. The number of carbonyl (C=O) groups excluding carboxylic acids is 2. The molecule has 8 nitrogen and oxygen atoms in total. The van der Waals surface area contributed by atoms with Gasteiger partial charge in [0.2, 0.25) is 11.8 Å². The second kappa shape index (κ2) is 8.83. The summed E-state index contributed by atoms with van der Waals surface area (Å²) in [5.74, 6) is -3.47. The quantitative estimate of drug-likeness (QED) is 0.388. The number of alkyl halides is 1. The number of aliphatic hydroxyl groups excluding tert-OH is 1. The summed E-state index contributed by atoms with van der Waals surface area (Å²) in [6.45, 7) is 4.29. The van der Waals surface area contributed by atoms with Crippen LogP contribution in [0.5, 0.6) is 0 Å². The average Bonchev–Trinajstić information content (AvgIpc) is 3.34. The van der Waals surface area contributed by atoms with Crippen molar-refractivity contribution < 1.29 is 29.3 Å². The minimum absolute atomic E-state index is 0.0816. The first kappa shape index (κ1) is 22.7. The van der Waals surface area contributed by atoms with E-state index in [1.807, 2.05) is 4.90 Å². The smallest absolute Gasteiger partial charge is 0.310 e. The normalized spacial score (nSPS) is 37.2. The number of halogens is 1. The van der Waals surface area contributed by atoms with Gasteiger partial charge < -0.3 is 24.7 Å². The van der Waals surface area contributed by atoms with Crippen LogP contribution in [0.15, 0.2) is 12.7 Å². The average molecular weight is 499 g/mol. The Hall–Kier alpha value is -1.45. The maximum Gasteiger partial charge on any atom is 0.310 e. The minimum Gasteiger partial charge on any atom is -0.481 e. The van der Waals surface area contributed by atoms with Crippen molar-refractivity contribution in [2.75, 3.05) is 19.7 Å². The van der Waals surface area contributed by atoms with Crippen LogP contribution in [0.3, 0.4) is 0 Å². The molecule has 4 rings (SSSR count). The molecule has 0 aromatic heterocycles. The molecule has 2 bridgehead atoms. The fourth-order valence-corrected chi connectivity index (χ4v) is 7.22. The maximum absolute atomic E-state index is 14.0. The first-order valence-corrected chi connectivity index (χ1v) is 12.2. The molecule has 2 N–H and O–H groups in total. The van der Waals surface area contributed by atoms with Crippen LogP contribution in [-0.4, -0.2) is 86.1 Å². The first-order valence-electron chi connectivity index (χ1n) is 11.2. The third kappa shape index (κ3) is 3.53. The molecule has 3 aliphatic heterocycles. The molecule has 1 aliphatic carbocycles. The molecular formula is C22H31BrN2O6. The molecule has 3 heterocycles. The number of aliphatic carboxylic acids is 1. The van der Waals surface area contributed by atoms with E-state index in [-0.39, 0.29) is 35.8 Å². The van der Waals surface area contributed by atoms with Crippen molar-refractivity contribution in [3.8, 4) is 0 Å². The molecule has 0 aromatic carbocycles. The number of carbonyl (C=O) groups is 3. The lowest BCUT2D eigenvalue weighted by atomic mass is 9.70. The van der Waals surface area contributed by atoms with Crippen molar-refractivity contribution in [3.63, 3.8) is 0 Å². The van der Waals surface area contributed by atoms with Gasteiger partial charge in [-0.25, -0.2) is 0 Å². The van der Waals surface area contributed by atoms with Crippen molar-refractivity contribution in [2.24, 2.45) is 11.8 Å². The number of amides is 2. The number of hydrogen-bond donors (Lipinski definition) is 2. The van der Waals surface area contributed by atoms with Gasteiger partial charge in [0, 0.05) is 30.6 Å². The standard InChI is InChI=1S/C22H31BrN2O6/c1-2-9-24(13-7-4-3-5-8-13)20(28)18-22-12-14(23)17(31-22)15(21(29)30)16(22)19(27)25(18)10-6-11-26/h2,13-18,26H,1,3-12H2,(H,29,30)/t14?,15-,16+,17-,18-,22+/m0/s1. The number of likely N-dealkylation sites (tertiary alicyclic amines) is 1. The van der Waals surface area contributed by atoms with E-state index >= 15 is 0 Å². The van der Waals surface area contributed by atoms with Crippen molar-refractivity contribution in [1.29, 1.82) is 0 Å². The highest BCUT2D eigenvalue weighted by atomic mass is 79.9. The summed E-state index contributed by atoms with van der Waals surface area (Å²) in [6.07, 6.45) is 6.89. The van der Waals surface area contributed by atoms with E-state index in [9.17, 15) is 24.6 Å². The van der Waals surface area contributed by atoms with Crippen molar-refractivity contribution in [2.45, 2.75) is 73.6 Å². The number of hydrogen-bond acceptors (Lipinski definition) is 5. The number of fused-ring (bicyclic) bond motifs is 1. The lowest BCUT2D eigenvalue weighted by molar-refractivity contribution is -0.151. The predicted octanol–water partition coefficient (Wildman–Crippen LogP) is 1.55. The van der Waals surface area contributed by atoms with Gasteiger partial charge in [0.25, 0.3) is 0 Å². The Morgan fingerprint density at radius 1 is 1.32 bits per heavy atom. The molecule has 9 heteroatoms. The van der Waals surface area contributed by atoms with E-state index < -0.39 is 35.6 Å². The SMILES string of the molecule is C=CCN(C(=O)[C@@H]1N(CCCO)C(=O)[C@H]2[C@H](C(=O)O)[C@H]3O[C@@]12CC3Br)C1CCCCC1. The van der Waals surface area contributed by atoms with Gasteiger partial charge >= 0.3 is 5.97 Å². The minimum atomic E-state index is -1.15. The third-order valence-electron chi connectivity index (χ3n) is 7.49. The zero-order chi connectivity index (χ0) is 22.3. The molecule has 172 valence electrons. The van der Waals surface area contributed by atoms with Crippen molar-refractivity contribution in [3.05, 3.63) is 12.7 Å². The molecule has 1 saturated carbocycles. The molecule has 0 aromatic rings. The second-order valence-electron chi connectivity index (χ2n) is 9.18. The van der Waals surface area contributed by atoms with Crippen LogP contribution in [0.25, 0.3) is 0 Å². The predicted molar refractivity (Wildman–Crippen MR) is 116 cm³/mol. The van der Waals surface area contributed by atoms with Crippen LogP contribution in [0.1, 0.15) is 44.9 Å². The van der Waals surface area contributed by atoms with Gasteiger partial charge in [-0.15, -0.1) is 6.58 Å². The van der Waals surface area contributed by atoms with Crippen molar-refractivity contribution in [1.82, 2.24) is 9.80 Å². The van der Waals surface area contributed by atoms with Gasteiger partial charge in [0.05, 0.1) is 17.9 Å². The van der Waals surface area contributed by atoms with E-state index in [4.69, 9.17) is 4.74 Å². The highest BCUT2D eigenvalue weighted by Gasteiger charge is 2.76. The number of carboxylic acid groups (broad SMARTS) is 1. The number of rotatable bonds is 8. The Labute approximate surface area is 190 Å². The summed E-state index contributed by atoms with van der Waals surface area (Å²) in [5, 5.41) is 19.2. The van der Waals surface area contributed by atoms with Crippen LogP contribution in [-0.2, 0) is 19.1 Å². The number of nitrogens with zero attached hydrogens (tertiary/aromatic N) is 2. The fourth-order valence-electron chi connectivity index (χ4n) is 6.28. The van der Waals surface area contributed by atoms with Gasteiger partial charge in [0.1, 0.15) is 11.6 Å². The van der Waals surface area contributed by atoms with Crippen LogP contribution in [0.2, 0.25) is 0 Å². The Balaban J connectivity index is 1.73. The fraction of sp³-hybridized carbons (Fsp3) is 0.773. The van der Waals surface area contributed by atoms with E-state index in [0.29, 0.717) is 19.4 Å². The highest BCUT2D eigenvalue weighted by Crippen LogP contribution is 2.60. The monoisotopic (exact) mass is 498 g/mol. The van der Waals surface area contributed by atoms with E-state index in [1.165, 1.54) is 4.90 Å². The lowest BCUT2D eigenvalue weighted by Crippen LogP contribution is -2.58. The van der Waals surface area contributed by atoms with Gasteiger partial charge in [-0.2, -0.15) is 0 Å². The lowest BCUT2D eigenvalue weighted by Gasteiger charge is -2.40. The molecule has 31 heavy (non-hydrogen) atoms. The summed E-state index contributed by atoms with van der Waals surface area (Å²) < 4.78 is 6.27. The van der Waals surface area contributed by atoms with Gasteiger partial charge in [0.15, 0.2) is 0 Å². The Bertz CT molecular complexity index is 756. The molecule has 2 amide bonds. The summed E-state index contributed by atoms with van der Waals surface area (Å²) >= 11 is 3.55. The molecule has 1 spiro atoms. The van der Waals surface area contributed by atoms with E-state index in [0.717, 1.165) is 32.1 Å². The van der Waals surface area contributed by atoms with Crippen LogP contribution < -0.4 is 0 Å². The van der Waals surface area contributed by atoms with E-state index in [1.54, 1.807) is 6.08 Å². The summed E-state index contributed by atoms with van der Waals surface area (Å²) in [7, 11) is 0. The largest absolute Gasteiger partial charge is 0.481 e. The van der Waals surface area contributed by atoms with Crippen LogP contribution >= 0.6 is 15.9 Å². The van der Waals surface area contributed by atoms with Gasteiger partial charge in [-0.05, 0) is 25.7 Å². The summed E-state index contributed by atoms with van der Waals surface area (Å²) in [5.41, 5.74) is -1.15. The van der Waals surface area contributed by atoms with Gasteiger partial charge in [-0.3, -0.25) is 14.4 Å². The van der Waals surface area contributed by atoms with Crippen LogP contribution in [0.4, 0.5) is 0 Å².